The van der Waals surface area contributed by atoms with E-state index in [1.807, 2.05) is 0 Å². The van der Waals surface area contributed by atoms with Gasteiger partial charge in [-0.1, -0.05) is 32.4 Å². The van der Waals surface area contributed by atoms with Gasteiger partial charge in [0.1, 0.15) is 11.5 Å². The quantitative estimate of drug-likeness (QED) is 0.342. The molecule has 0 heterocycles. The first-order valence-electron chi connectivity index (χ1n) is 5.70. The molecule has 0 aliphatic heterocycles. The molecule has 0 amide bonds. The predicted octanol–water partition coefficient (Wildman–Crippen LogP) is 5.77. The van der Waals surface area contributed by atoms with Gasteiger partial charge in [0, 0.05) is 0 Å². The van der Waals surface area contributed by atoms with Crippen molar-refractivity contribution in [2.24, 2.45) is 0 Å². The van der Waals surface area contributed by atoms with E-state index in [1.165, 1.54) is 0 Å². The molecule has 0 unspecified atom stereocenters. The van der Waals surface area contributed by atoms with Crippen molar-refractivity contribution in [3.05, 3.63) is 72.8 Å². The predicted molar refractivity (Wildman–Crippen MR) is 72.7 cm³/mol. The van der Waals surface area contributed by atoms with Crippen molar-refractivity contribution in [2.45, 2.75) is 19.3 Å². The molecule has 0 aliphatic rings. The fraction of sp³-hybridized carbons (Fsp3) is 0.200. The topological polar surface area (TPSA) is 9.23 Å². The number of hydrogen-bond donors (Lipinski definition) is 0. The Labute approximate surface area is 124 Å². The fourth-order valence-electron chi connectivity index (χ4n) is 1.27. The first-order valence-corrected chi connectivity index (χ1v) is 5.70. The molecule has 0 bridgehead atoms. The van der Waals surface area contributed by atoms with Crippen LogP contribution in [0.25, 0.3) is 0 Å². The van der Waals surface area contributed by atoms with E-state index < -0.39 is 35.0 Å². The van der Waals surface area contributed by atoms with Gasteiger partial charge in [0.25, 0.3) is 0 Å². The van der Waals surface area contributed by atoms with Crippen LogP contribution in [-0.2, 0) is 4.74 Å². The van der Waals surface area contributed by atoms with Crippen molar-refractivity contribution in [2.75, 3.05) is 0 Å². The van der Waals surface area contributed by atoms with E-state index in [9.17, 15) is 26.3 Å². The summed E-state index contributed by atoms with van der Waals surface area (Å²) >= 11 is 0. The zero-order chi connectivity index (χ0) is 17.7. The molecule has 0 aromatic heterocycles. The van der Waals surface area contributed by atoms with Crippen molar-refractivity contribution in [1.82, 2.24) is 0 Å². The SMILES string of the molecule is C=C/C(=C\C(=C)OC(=C)/C=C(\C(=C)C)C(F)(F)F)C(F)(F)F. The lowest BCUT2D eigenvalue weighted by atomic mass is 10.1. The highest BCUT2D eigenvalue weighted by atomic mass is 19.4. The van der Waals surface area contributed by atoms with Crippen LogP contribution in [0.2, 0.25) is 0 Å². The number of alkyl halides is 6. The molecule has 22 heavy (non-hydrogen) atoms. The summed E-state index contributed by atoms with van der Waals surface area (Å²) in [5.74, 6) is -1.06. The first-order chi connectivity index (χ1) is 9.78. The van der Waals surface area contributed by atoms with Crippen LogP contribution in [0.5, 0.6) is 0 Å². The van der Waals surface area contributed by atoms with Gasteiger partial charge < -0.3 is 4.74 Å². The average Bonchev–Trinajstić information content (AvgIpc) is 2.29. The molecule has 0 saturated heterocycles. The Balaban J connectivity index is 5.23. The van der Waals surface area contributed by atoms with Gasteiger partial charge in [-0.2, -0.15) is 26.3 Å². The van der Waals surface area contributed by atoms with Crippen LogP contribution in [-0.4, -0.2) is 12.4 Å². The van der Waals surface area contributed by atoms with Crippen LogP contribution in [0.15, 0.2) is 72.8 Å². The van der Waals surface area contributed by atoms with Gasteiger partial charge in [-0.15, -0.1) is 0 Å². The third-order valence-electron chi connectivity index (χ3n) is 2.20. The summed E-state index contributed by atoms with van der Waals surface area (Å²) in [4.78, 5) is 0. The van der Waals surface area contributed by atoms with Gasteiger partial charge in [-0.05, 0) is 24.6 Å². The molecule has 0 radical (unpaired) electrons. The Hall–Kier alpha value is -2.18. The molecule has 0 aromatic carbocycles. The summed E-state index contributed by atoms with van der Waals surface area (Å²) in [6, 6.07) is 0. The molecule has 0 spiro atoms. The Morgan fingerprint density at radius 1 is 0.864 bits per heavy atom. The summed E-state index contributed by atoms with van der Waals surface area (Å²) < 4.78 is 80.1. The van der Waals surface area contributed by atoms with Gasteiger partial charge in [-0.25, -0.2) is 0 Å². The fourth-order valence-corrected chi connectivity index (χ4v) is 1.27. The van der Waals surface area contributed by atoms with Crippen molar-refractivity contribution in [3.63, 3.8) is 0 Å². The highest BCUT2D eigenvalue weighted by Crippen LogP contribution is 2.32. The zero-order valence-corrected chi connectivity index (χ0v) is 11.7. The minimum atomic E-state index is -4.69. The van der Waals surface area contributed by atoms with Crippen LogP contribution in [0, 0.1) is 0 Å². The van der Waals surface area contributed by atoms with E-state index in [4.69, 9.17) is 4.74 Å². The van der Waals surface area contributed by atoms with Crippen LogP contribution in [0.3, 0.4) is 0 Å². The average molecular weight is 324 g/mol. The molecule has 0 rings (SSSR count). The Morgan fingerprint density at radius 2 is 1.32 bits per heavy atom. The number of rotatable bonds is 6. The molecule has 0 N–H and O–H groups in total. The first kappa shape index (κ1) is 19.8. The summed E-state index contributed by atoms with van der Waals surface area (Å²) in [7, 11) is 0. The monoisotopic (exact) mass is 324 g/mol. The zero-order valence-electron chi connectivity index (χ0n) is 11.7. The number of halogens is 6. The third-order valence-corrected chi connectivity index (χ3v) is 2.20. The standard InChI is InChI=1S/C15H14F6O/c1-6-12(14(16,17)18)7-10(4)22-11(5)8-13(9(2)3)15(19,20)21/h6-8H,1-2,4-5H2,3H3/b12-7+,13-8+. The lowest BCUT2D eigenvalue weighted by Crippen LogP contribution is -2.13. The van der Waals surface area contributed by atoms with E-state index >= 15 is 0 Å². The molecule has 0 aromatic rings. The molecule has 122 valence electrons. The lowest BCUT2D eigenvalue weighted by Gasteiger charge is -2.13. The maximum Gasteiger partial charge on any atom is 0.416 e. The normalized spacial score (nSPS) is 13.6. The molecule has 7 heteroatoms. The van der Waals surface area contributed by atoms with Crippen LogP contribution in [0.4, 0.5) is 26.3 Å². The Bertz CT molecular complexity index is 543. The second kappa shape index (κ2) is 7.20. The van der Waals surface area contributed by atoms with Gasteiger partial charge in [0.15, 0.2) is 0 Å². The molecule has 0 atom stereocenters. The van der Waals surface area contributed by atoms with E-state index in [-0.39, 0.29) is 5.57 Å². The van der Waals surface area contributed by atoms with Gasteiger partial charge in [-0.3, -0.25) is 0 Å². The minimum absolute atomic E-state index is 0.291. The minimum Gasteiger partial charge on any atom is -0.459 e. The molecular weight excluding hydrogens is 310 g/mol. The van der Waals surface area contributed by atoms with Crippen molar-refractivity contribution < 1.29 is 31.1 Å². The summed E-state index contributed by atoms with van der Waals surface area (Å²) in [5, 5.41) is 0. The van der Waals surface area contributed by atoms with E-state index in [0.717, 1.165) is 6.92 Å². The largest absolute Gasteiger partial charge is 0.459 e. The van der Waals surface area contributed by atoms with Crippen molar-refractivity contribution in [1.29, 1.82) is 0 Å². The summed E-state index contributed by atoms with van der Waals surface area (Å²) in [6.45, 7) is 13.6. The van der Waals surface area contributed by atoms with Gasteiger partial charge >= 0.3 is 12.4 Å². The lowest BCUT2D eigenvalue weighted by molar-refractivity contribution is -0.0897. The van der Waals surface area contributed by atoms with Gasteiger partial charge in [0.05, 0.1) is 11.1 Å². The number of allylic oxidation sites excluding steroid dienone is 6. The maximum absolute atomic E-state index is 12.7. The highest BCUT2D eigenvalue weighted by molar-refractivity contribution is 5.36. The molecule has 0 saturated carbocycles. The van der Waals surface area contributed by atoms with Crippen LogP contribution < -0.4 is 0 Å². The third kappa shape index (κ3) is 6.51. The smallest absolute Gasteiger partial charge is 0.416 e. The van der Waals surface area contributed by atoms with E-state index in [1.54, 1.807) is 0 Å². The second-order valence-electron chi connectivity index (χ2n) is 4.17. The molecule has 0 aliphatic carbocycles. The summed E-state index contributed by atoms with van der Waals surface area (Å²) in [5.41, 5.74) is -2.54. The molecule has 1 nitrogen and oxygen atoms in total. The maximum atomic E-state index is 12.7. The molecular formula is C15H14F6O. The van der Waals surface area contributed by atoms with E-state index in [2.05, 4.69) is 26.3 Å². The van der Waals surface area contributed by atoms with Gasteiger partial charge in [0.2, 0.25) is 0 Å². The van der Waals surface area contributed by atoms with Crippen molar-refractivity contribution >= 4 is 0 Å². The number of ether oxygens (including phenoxy) is 1. The number of hydrogen-bond acceptors (Lipinski definition) is 1. The Morgan fingerprint density at radius 3 is 1.64 bits per heavy atom. The second-order valence-corrected chi connectivity index (χ2v) is 4.17. The van der Waals surface area contributed by atoms with E-state index in [0.29, 0.717) is 18.2 Å². The summed E-state index contributed by atoms with van der Waals surface area (Å²) in [6.07, 6.45) is -7.81. The molecule has 0 fully saturated rings. The van der Waals surface area contributed by atoms with Crippen molar-refractivity contribution in [3.8, 4) is 0 Å². The van der Waals surface area contributed by atoms with Crippen LogP contribution >= 0.6 is 0 Å². The van der Waals surface area contributed by atoms with Crippen LogP contribution in [0.1, 0.15) is 6.92 Å². The highest BCUT2D eigenvalue weighted by Gasteiger charge is 2.34. The Kier molecular flexibility index (Phi) is 6.48.